The van der Waals surface area contributed by atoms with Crippen LogP contribution in [0.15, 0.2) is 48.4 Å². The zero-order chi connectivity index (χ0) is 24.9. The number of nitrogens with zero attached hydrogens (tertiary/aromatic N) is 1. The maximum atomic E-state index is 13.8. The van der Waals surface area contributed by atoms with E-state index < -0.39 is 35.8 Å². The monoisotopic (exact) mass is 483 g/mol. The fourth-order valence-electron chi connectivity index (χ4n) is 4.61. The maximum Gasteiger partial charge on any atom is 0.260 e. The summed E-state index contributed by atoms with van der Waals surface area (Å²) in [5, 5.41) is 35.0. The standard InChI is InChI=1S/C25H26FN3O6/c1-25(2)15(8-17(35-25)21-14-7-13(26)4-5-16(14)29-24(21)33)12-3-6-20(27-9-12)28-10-18-22(31)23(32)19(11-30)34-18/h3-9,18-19,22-23,30-32H,10-11H2,1-2H3,(H,27,28)(H,29,33)/b21-17+/t18?,19-,22-,23-/m1/s1. The van der Waals surface area contributed by atoms with Crippen molar-refractivity contribution in [3.8, 4) is 0 Å². The van der Waals surface area contributed by atoms with Gasteiger partial charge in [0.15, 0.2) is 0 Å². The molecule has 2 aromatic rings. The molecule has 4 atom stereocenters. The number of halogens is 1. The van der Waals surface area contributed by atoms with E-state index in [0.717, 1.165) is 11.1 Å². The third kappa shape index (κ3) is 4.19. The Morgan fingerprint density at radius 3 is 2.63 bits per heavy atom. The quantitative estimate of drug-likeness (QED) is 0.406. The van der Waals surface area contributed by atoms with Gasteiger partial charge in [0, 0.05) is 35.1 Å². The smallest absolute Gasteiger partial charge is 0.260 e. The summed E-state index contributed by atoms with van der Waals surface area (Å²) >= 11 is 0. The second kappa shape index (κ2) is 8.72. The third-order valence-corrected chi connectivity index (χ3v) is 6.46. The van der Waals surface area contributed by atoms with Crippen LogP contribution in [-0.2, 0) is 14.3 Å². The van der Waals surface area contributed by atoms with E-state index in [9.17, 15) is 24.5 Å². The first-order chi connectivity index (χ1) is 16.7. The molecule has 0 aliphatic carbocycles. The molecule has 1 aromatic carbocycles. The number of nitrogens with one attached hydrogen (secondary N) is 2. The van der Waals surface area contributed by atoms with E-state index >= 15 is 0 Å². The van der Waals surface area contributed by atoms with Gasteiger partial charge < -0.3 is 35.4 Å². The molecular formula is C25H26FN3O6. The van der Waals surface area contributed by atoms with Gasteiger partial charge in [0.2, 0.25) is 0 Å². The molecule has 1 unspecified atom stereocenters. The molecule has 0 bridgehead atoms. The highest BCUT2D eigenvalue weighted by Gasteiger charge is 2.42. The zero-order valence-electron chi connectivity index (χ0n) is 19.2. The number of allylic oxidation sites excluding steroid dienone is 1. The highest BCUT2D eigenvalue weighted by Crippen LogP contribution is 2.44. The van der Waals surface area contributed by atoms with Crippen LogP contribution in [0, 0.1) is 5.82 Å². The van der Waals surface area contributed by atoms with E-state index in [2.05, 4.69) is 15.6 Å². The largest absolute Gasteiger partial charge is 0.482 e. The lowest BCUT2D eigenvalue weighted by Gasteiger charge is -2.23. The first kappa shape index (κ1) is 23.4. The number of carbonyl (C=O) groups is 1. The van der Waals surface area contributed by atoms with E-state index in [1.807, 2.05) is 19.9 Å². The van der Waals surface area contributed by atoms with Crippen molar-refractivity contribution in [2.45, 2.75) is 43.9 Å². The Balaban J connectivity index is 1.36. The van der Waals surface area contributed by atoms with Gasteiger partial charge in [0.05, 0.1) is 12.2 Å². The summed E-state index contributed by atoms with van der Waals surface area (Å²) in [7, 11) is 0. The van der Waals surface area contributed by atoms with Gasteiger partial charge in [0.25, 0.3) is 5.91 Å². The van der Waals surface area contributed by atoms with Gasteiger partial charge in [-0.3, -0.25) is 4.79 Å². The molecular weight excluding hydrogens is 457 g/mol. The number of rotatable bonds is 5. The van der Waals surface area contributed by atoms with Gasteiger partial charge in [-0.2, -0.15) is 0 Å². The van der Waals surface area contributed by atoms with E-state index in [-0.39, 0.29) is 24.6 Å². The van der Waals surface area contributed by atoms with Crippen molar-refractivity contribution in [1.82, 2.24) is 4.98 Å². The zero-order valence-corrected chi connectivity index (χ0v) is 19.2. The number of anilines is 2. The average molecular weight is 483 g/mol. The number of ether oxygens (including phenoxy) is 2. The predicted molar refractivity (Wildman–Crippen MR) is 126 cm³/mol. The van der Waals surface area contributed by atoms with Crippen LogP contribution in [0.1, 0.15) is 25.0 Å². The number of fused-ring (bicyclic) bond motifs is 1. The highest BCUT2D eigenvalue weighted by atomic mass is 19.1. The van der Waals surface area contributed by atoms with E-state index in [4.69, 9.17) is 9.47 Å². The molecule has 1 aromatic heterocycles. The van der Waals surface area contributed by atoms with Crippen LogP contribution in [0.3, 0.4) is 0 Å². The van der Waals surface area contributed by atoms with Crippen molar-refractivity contribution in [3.63, 3.8) is 0 Å². The number of amides is 1. The minimum absolute atomic E-state index is 0.194. The first-order valence-electron chi connectivity index (χ1n) is 11.3. The number of hydrogen-bond donors (Lipinski definition) is 5. The lowest BCUT2D eigenvalue weighted by atomic mass is 9.93. The van der Waals surface area contributed by atoms with Crippen LogP contribution in [0.4, 0.5) is 15.9 Å². The molecule has 3 aliphatic heterocycles. The Morgan fingerprint density at radius 1 is 1.17 bits per heavy atom. The molecule has 5 N–H and O–H groups in total. The van der Waals surface area contributed by atoms with Crippen LogP contribution < -0.4 is 10.6 Å². The van der Waals surface area contributed by atoms with Crippen LogP contribution in [0.5, 0.6) is 0 Å². The molecule has 5 rings (SSSR count). The van der Waals surface area contributed by atoms with Crippen LogP contribution >= 0.6 is 0 Å². The number of pyridine rings is 1. The van der Waals surface area contributed by atoms with Gasteiger partial charge >= 0.3 is 0 Å². The fourth-order valence-corrected chi connectivity index (χ4v) is 4.61. The van der Waals surface area contributed by atoms with Gasteiger partial charge in [0.1, 0.15) is 47.4 Å². The first-order valence-corrected chi connectivity index (χ1v) is 11.3. The van der Waals surface area contributed by atoms with Gasteiger partial charge in [-0.15, -0.1) is 0 Å². The summed E-state index contributed by atoms with van der Waals surface area (Å²) < 4.78 is 25.4. The Morgan fingerprint density at radius 2 is 1.94 bits per heavy atom. The number of benzene rings is 1. The Kier molecular flexibility index (Phi) is 5.84. The minimum atomic E-state index is -1.15. The summed E-state index contributed by atoms with van der Waals surface area (Å²) in [5.41, 5.74) is 2.11. The number of aliphatic hydroxyl groups is 3. The molecule has 3 aliphatic rings. The topological polar surface area (TPSA) is 133 Å². The molecule has 1 amide bonds. The molecule has 35 heavy (non-hydrogen) atoms. The molecule has 1 saturated heterocycles. The van der Waals surface area contributed by atoms with Crippen LogP contribution in [0.2, 0.25) is 0 Å². The Labute approximate surface area is 200 Å². The van der Waals surface area contributed by atoms with Gasteiger partial charge in [-0.25, -0.2) is 9.37 Å². The highest BCUT2D eigenvalue weighted by molar-refractivity contribution is 6.32. The molecule has 9 nitrogen and oxygen atoms in total. The van der Waals surface area contributed by atoms with Crippen LogP contribution in [-0.4, -0.2) is 69.4 Å². The summed E-state index contributed by atoms with van der Waals surface area (Å²) in [5.74, 6) is 0.0980. The van der Waals surface area contributed by atoms with E-state index in [1.54, 1.807) is 18.3 Å². The summed E-state index contributed by atoms with van der Waals surface area (Å²) in [4.78, 5) is 17.0. The number of hydrogen-bond acceptors (Lipinski definition) is 8. The van der Waals surface area contributed by atoms with Crippen molar-refractivity contribution in [2.75, 3.05) is 23.8 Å². The average Bonchev–Trinajstić information content (AvgIpc) is 3.42. The fraction of sp³-hybridized carbons (Fsp3) is 0.360. The van der Waals surface area contributed by atoms with Crippen molar-refractivity contribution in [3.05, 3.63) is 65.3 Å². The van der Waals surface area contributed by atoms with E-state index in [0.29, 0.717) is 22.8 Å². The molecule has 4 heterocycles. The molecule has 0 saturated carbocycles. The lowest BCUT2D eigenvalue weighted by Crippen LogP contribution is -2.36. The van der Waals surface area contributed by atoms with Gasteiger partial charge in [-0.05, 0) is 50.3 Å². The second-order valence-corrected chi connectivity index (χ2v) is 9.24. The van der Waals surface area contributed by atoms with Gasteiger partial charge in [-0.1, -0.05) is 0 Å². The SMILES string of the molecule is CC1(C)O/C(=C2/C(=O)Nc3ccc(F)cc32)C=C1c1ccc(NCC2O[C@H](CO)[C@@H](O)[C@@H]2O)nc1. The van der Waals surface area contributed by atoms with Crippen molar-refractivity contribution in [2.24, 2.45) is 0 Å². The Bertz CT molecular complexity index is 1230. The molecule has 0 spiro atoms. The summed E-state index contributed by atoms with van der Waals surface area (Å²) in [6, 6.07) is 7.73. The lowest BCUT2D eigenvalue weighted by molar-refractivity contribution is -0.111. The third-order valence-electron chi connectivity index (χ3n) is 6.46. The molecule has 0 radical (unpaired) electrons. The number of aromatic nitrogens is 1. The van der Waals surface area contributed by atoms with Crippen molar-refractivity contribution in [1.29, 1.82) is 0 Å². The normalized spacial score (nSPS) is 29.0. The summed E-state index contributed by atoms with van der Waals surface area (Å²) in [6.07, 6.45) is -0.332. The molecule has 10 heteroatoms. The summed E-state index contributed by atoms with van der Waals surface area (Å²) in [6.45, 7) is 3.56. The second-order valence-electron chi connectivity index (χ2n) is 9.24. The maximum absolute atomic E-state index is 13.8. The van der Waals surface area contributed by atoms with Crippen molar-refractivity contribution < 1.29 is 34.0 Å². The minimum Gasteiger partial charge on any atom is -0.482 e. The molecule has 1 fully saturated rings. The number of carbonyl (C=O) groups excluding carboxylic acids is 1. The van der Waals surface area contributed by atoms with Crippen LogP contribution in [0.25, 0.3) is 11.1 Å². The molecule has 184 valence electrons. The Hall–Kier alpha value is -3.31. The van der Waals surface area contributed by atoms with E-state index in [1.165, 1.54) is 18.2 Å². The predicted octanol–water partition coefficient (Wildman–Crippen LogP) is 1.67. The van der Waals surface area contributed by atoms with Crippen molar-refractivity contribution >= 4 is 28.6 Å². The number of aliphatic hydroxyl groups excluding tert-OH is 3.